The smallest absolute Gasteiger partial charge is 0.259 e. The van der Waals surface area contributed by atoms with E-state index in [9.17, 15) is 19.8 Å². The van der Waals surface area contributed by atoms with Crippen molar-refractivity contribution in [1.82, 2.24) is 0 Å². The van der Waals surface area contributed by atoms with Gasteiger partial charge in [0.05, 0.1) is 22.5 Å². The molecule has 0 spiro atoms. The number of aryl methyl sites for hydroxylation is 2. The fraction of sp³-hybridized carbons (Fsp3) is 0.444. The van der Waals surface area contributed by atoms with Crippen molar-refractivity contribution in [2.75, 3.05) is 10.6 Å². The van der Waals surface area contributed by atoms with Gasteiger partial charge in [0.15, 0.2) is 0 Å². The van der Waals surface area contributed by atoms with Gasteiger partial charge in [0, 0.05) is 0 Å². The number of benzene rings is 3. The SMILES string of the molecule is CCCCCCCCc1cccc(O)c1C(=O)Nc1ccccc1NC(=O)c1c(O)cccc1CCCCCCCC. The van der Waals surface area contributed by atoms with Crippen LogP contribution in [0.3, 0.4) is 0 Å². The first-order valence-corrected chi connectivity index (χ1v) is 15.8. The Balaban J connectivity index is 1.71. The third-order valence-corrected chi connectivity index (χ3v) is 7.73. The van der Waals surface area contributed by atoms with Gasteiger partial charge >= 0.3 is 0 Å². The summed E-state index contributed by atoms with van der Waals surface area (Å²) in [6.07, 6.45) is 15.1. The van der Waals surface area contributed by atoms with Crippen LogP contribution in [0.4, 0.5) is 11.4 Å². The summed E-state index contributed by atoms with van der Waals surface area (Å²) in [6.45, 7) is 4.39. The van der Waals surface area contributed by atoms with Gasteiger partial charge in [-0.05, 0) is 61.1 Å². The number of unbranched alkanes of at least 4 members (excludes halogenated alkanes) is 10. The summed E-state index contributed by atoms with van der Waals surface area (Å²) in [5, 5.41) is 27.0. The lowest BCUT2D eigenvalue weighted by Crippen LogP contribution is -2.19. The molecule has 2 amide bonds. The molecule has 0 saturated carbocycles. The molecule has 6 heteroatoms. The third-order valence-electron chi connectivity index (χ3n) is 7.73. The van der Waals surface area contributed by atoms with Gasteiger partial charge in [-0.2, -0.15) is 0 Å². The Morgan fingerprint density at radius 1 is 0.524 bits per heavy atom. The van der Waals surface area contributed by atoms with E-state index in [-0.39, 0.29) is 22.6 Å². The van der Waals surface area contributed by atoms with Crippen molar-refractivity contribution in [1.29, 1.82) is 0 Å². The van der Waals surface area contributed by atoms with E-state index in [2.05, 4.69) is 24.5 Å². The van der Waals surface area contributed by atoms with Crippen molar-refractivity contribution in [3.05, 3.63) is 82.9 Å². The Morgan fingerprint density at radius 3 is 1.31 bits per heavy atom. The van der Waals surface area contributed by atoms with Gasteiger partial charge in [0.25, 0.3) is 11.8 Å². The normalized spacial score (nSPS) is 10.9. The van der Waals surface area contributed by atoms with E-state index in [4.69, 9.17) is 0 Å². The molecule has 3 aromatic carbocycles. The maximum atomic E-state index is 13.4. The summed E-state index contributed by atoms with van der Waals surface area (Å²) in [5.41, 5.74) is 2.95. The summed E-state index contributed by atoms with van der Waals surface area (Å²) in [5.74, 6) is -0.985. The minimum Gasteiger partial charge on any atom is -0.507 e. The van der Waals surface area contributed by atoms with E-state index in [0.29, 0.717) is 24.2 Å². The molecule has 0 heterocycles. The van der Waals surface area contributed by atoms with Crippen LogP contribution < -0.4 is 10.6 Å². The molecule has 42 heavy (non-hydrogen) atoms. The number of hydrogen-bond donors (Lipinski definition) is 4. The summed E-state index contributed by atoms with van der Waals surface area (Å²) in [6, 6.07) is 17.3. The fourth-order valence-electron chi connectivity index (χ4n) is 5.38. The van der Waals surface area contributed by atoms with Gasteiger partial charge in [-0.3, -0.25) is 9.59 Å². The molecule has 6 nitrogen and oxygen atoms in total. The molecule has 0 aliphatic rings. The number of phenols is 2. The maximum Gasteiger partial charge on any atom is 0.259 e. The van der Waals surface area contributed by atoms with Crippen LogP contribution in [0.15, 0.2) is 60.7 Å². The minimum absolute atomic E-state index is 0.0638. The zero-order valence-electron chi connectivity index (χ0n) is 25.4. The Bertz CT molecular complexity index is 1190. The summed E-state index contributed by atoms with van der Waals surface area (Å²) in [4.78, 5) is 26.9. The Hall–Kier alpha value is -3.80. The predicted octanol–water partition coefficient (Wildman–Crippen LogP) is 9.41. The number of carbonyl (C=O) groups excluding carboxylic acids is 2. The average Bonchev–Trinajstić information content (AvgIpc) is 2.97. The number of carbonyl (C=O) groups is 2. The molecule has 0 saturated heterocycles. The van der Waals surface area contributed by atoms with Crippen LogP contribution in [0.1, 0.15) is 123 Å². The van der Waals surface area contributed by atoms with Crippen LogP contribution >= 0.6 is 0 Å². The average molecular weight is 573 g/mol. The lowest BCUT2D eigenvalue weighted by molar-refractivity contribution is 0.101. The van der Waals surface area contributed by atoms with Crippen molar-refractivity contribution in [2.45, 2.75) is 104 Å². The molecule has 0 aromatic heterocycles. The summed E-state index contributed by atoms with van der Waals surface area (Å²) < 4.78 is 0. The van der Waals surface area contributed by atoms with Gasteiger partial charge in [0.2, 0.25) is 0 Å². The first kappa shape index (κ1) is 32.7. The molecule has 0 aliphatic heterocycles. The number of rotatable bonds is 18. The number of anilines is 2. The second kappa shape index (κ2) is 17.9. The van der Waals surface area contributed by atoms with Crippen LogP contribution in [0.5, 0.6) is 11.5 Å². The second-order valence-corrected chi connectivity index (χ2v) is 11.1. The number of para-hydroxylation sites is 2. The lowest BCUT2D eigenvalue weighted by Gasteiger charge is -2.16. The van der Waals surface area contributed by atoms with Gasteiger partial charge in [-0.15, -0.1) is 0 Å². The largest absolute Gasteiger partial charge is 0.507 e. The van der Waals surface area contributed by atoms with Crippen molar-refractivity contribution in [3.8, 4) is 11.5 Å². The van der Waals surface area contributed by atoms with Crippen molar-refractivity contribution < 1.29 is 19.8 Å². The molecule has 0 bridgehead atoms. The zero-order valence-corrected chi connectivity index (χ0v) is 25.4. The molecule has 0 radical (unpaired) electrons. The first-order chi connectivity index (χ1) is 20.5. The van der Waals surface area contributed by atoms with Crippen molar-refractivity contribution >= 4 is 23.2 Å². The third kappa shape index (κ3) is 9.93. The van der Waals surface area contributed by atoms with Crippen LogP contribution in [-0.4, -0.2) is 22.0 Å². The first-order valence-electron chi connectivity index (χ1n) is 15.8. The highest BCUT2D eigenvalue weighted by atomic mass is 16.3. The highest BCUT2D eigenvalue weighted by Gasteiger charge is 2.20. The van der Waals surface area contributed by atoms with E-state index in [1.807, 2.05) is 12.1 Å². The van der Waals surface area contributed by atoms with E-state index in [0.717, 1.165) is 36.8 Å². The molecule has 226 valence electrons. The molecule has 0 unspecified atom stereocenters. The van der Waals surface area contributed by atoms with E-state index < -0.39 is 11.8 Å². The second-order valence-electron chi connectivity index (χ2n) is 11.1. The molecule has 0 atom stereocenters. The minimum atomic E-state index is -0.429. The number of hydrogen-bond acceptors (Lipinski definition) is 4. The van der Waals surface area contributed by atoms with E-state index in [1.54, 1.807) is 36.4 Å². The van der Waals surface area contributed by atoms with Gasteiger partial charge in [-0.1, -0.05) is 114 Å². The standard InChI is InChI=1S/C36H48N2O4/c1-3-5-7-9-11-13-19-27-21-17-25-31(39)33(27)35(41)37-29-23-15-16-24-30(29)38-36(42)34-28(22-18-26-32(34)40)20-14-12-10-8-6-4-2/h15-18,21-26,39-40H,3-14,19-20H2,1-2H3,(H,37,41)(H,38,42). The molecule has 0 aliphatic carbocycles. The van der Waals surface area contributed by atoms with Crippen LogP contribution in [0.25, 0.3) is 0 Å². The number of aromatic hydroxyl groups is 2. The van der Waals surface area contributed by atoms with Crippen LogP contribution in [0, 0.1) is 0 Å². The number of phenolic OH excluding ortho intramolecular Hbond substituents is 2. The van der Waals surface area contributed by atoms with Crippen molar-refractivity contribution in [2.24, 2.45) is 0 Å². The zero-order chi connectivity index (χ0) is 30.2. The van der Waals surface area contributed by atoms with E-state index >= 15 is 0 Å². The molecule has 3 aromatic rings. The Morgan fingerprint density at radius 2 is 0.905 bits per heavy atom. The predicted molar refractivity (Wildman–Crippen MR) is 173 cm³/mol. The monoisotopic (exact) mass is 572 g/mol. The summed E-state index contributed by atoms with van der Waals surface area (Å²) in [7, 11) is 0. The summed E-state index contributed by atoms with van der Waals surface area (Å²) >= 11 is 0. The molecular formula is C36H48N2O4. The van der Waals surface area contributed by atoms with Crippen molar-refractivity contribution in [3.63, 3.8) is 0 Å². The van der Waals surface area contributed by atoms with Gasteiger partial charge < -0.3 is 20.8 Å². The highest BCUT2D eigenvalue weighted by Crippen LogP contribution is 2.29. The van der Waals surface area contributed by atoms with Gasteiger partial charge in [0.1, 0.15) is 11.5 Å². The molecule has 0 fully saturated rings. The number of amides is 2. The quantitative estimate of drug-likeness (QED) is 0.114. The molecule has 3 rings (SSSR count). The Kier molecular flexibility index (Phi) is 13.9. The molecule has 4 N–H and O–H groups in total. The van der Waals surface area contributed by atoms with Crippen LogP contribution in [-0.2, 0) is 12.8 Å². The van der Waals surface area contributed by atoms with E-state index in [1.165, 1.54) is 63.5 Å². The number of nitrogens with one attached hydrogen (secondary N) is 2. The van der Waals surface area contributed by atoms with Crippen LogP contribution in [0.2, 0.25) is 0 Å². The molecular weight excluding hydrogens is 524 g/mol. The maximum absolute atomic E-state index is 13.4. The topological polar surface area (TPSA) is 98.7 Å². The fourth-order valence-corrected chi connectivity index (χ4v) is 5.38. The van der Waals surface area contributed by atoms with Gasteiger partial charge in [-0.25, -0.2) is 0 Å². The highest BCUT2D eigenvalue weighted by molar-refractivity contribution is 6.12. The lowest BCUT2D eigenvalue weighted by atomic mass is 9.98. The Labute approximate surface area is 251 Å².